The zero-order chi connectivity index (χ0) is 14.8. The molecule has 0 saturated carbocycles. The summed E-state index contributed by atoms with van der Waals surface area (Å²) in [5.74, 6) is 5.82. The van der Waals surface area contributed by atoms with Gasteiger partial charge in [-0.25, -0.2) is 5.43 Å². The molecule has 4 heteroatoms. The third-order valence-electron chi connectivity index (χ3n) is 3.73. The Kier molecular flexibility index (Phi) is 3.88. The van der Waals surface area contributed by atoms with E-state index >= 15 is 0 Å². The molecule has 3 aromatic rings. The molecule has 0 spiro atoms. The van der Waals surface area contributed by atoms with Gasteiger partial charge in [0.2, 0.25) is 0 Å². The Hall–Kier alpha value is -1.94. The van der Waals surface area contributed by atoms with Crippen LogP contribution >= 0.6 is 11.6 Å². The predicted molar refractivity (Wildman–Crippen MR) is 87.1 cm³/mol. The van der Waals surface area contributed by atoms with Crippen molar-refractivity contribution in [3.8, 4) is 0 Å². The van der Waals surface area contributed by atoms with Crippen LogP contribution in [-0.4, -0.2) is 4.98 Å². The van der Waals surface area contributed by atoms with Crippen LogP contribution in [0.1, 0.15) is 22.7 Å². The summed E-state index contributed by atoms with van der Waals surface area (Å²) < 4.78 is 0. The summed E-state index contributed by atoms with van der Waals surface area (Å²) in [6.45, 7) is 1.99. The number of pyridine rings is 1. The van der Waals surface area contributed by atoms with E-state index < -0.39 is 0 Å². The van der Waals surface area contributed by atoms with E-state index in [1.54, 1.807) is 6.20 Å². The summed E-state index contributed by atoms with van der Waals surface area (Å²) in [6.07, 6.45) is 3.65. The number of rotatable bonds is 3. The molecule has 2 aromatic carbocycles. The van der Waals surface area contributed by atoms with Gasteiger partial charge in [-0.3, -0.25) is 10.8 Å². The molecule has 1 atom stereocenters. The van der Waals surface area contributed by atoms with Crippen LogP contribution in [0.3, 0.4) is 0 Å². The van der Waals surface area contributed by atoms with Gasteiger partial charge in [-0.15, -0.1) is 0 Å². The highest BCUT2D eigenvalue weighted by Crippen LogP contribution is 2.33. The number of nitrogens with zero attached hydrogens (tertiary/aromatic N) is 1. The van der Waals surface area contributed by atoms with Crippen LogP contribution in [0, 0.1) is 6.92 Å². The van der Waals surface area contributed by atoms with Crippen LogP contribution in [0.5, 0.6) is 0 Å². The minimum absolute atomic E-state index is 0.176. The highest BCUT2D eigenvalue weighted by Gasteiger charge is 2.18. The van der Waals surface area contributed by atoms with Crippen molar-refractivity contribution in [2.75, 3.05) is 0 Å². The number of hydrogen-bond donors (Lipinski definition) is 2. The van der Waals surface area contributed by atoms with E-state index in [1.165, 1.54) is 0 Å². The zero-order valence-electron chi connectivity index (χ0n) is 11.7. The molecule has 0 aliphatic carbocycles. The van der Waals surface area contributed by atoms with E-state index in [1.807, 2.05) is 49.5 Å². The van der Waals surface area contributed by atoms with E-state index in [-0.39, 0.29) is 6.04 Å². The standard InChI is InChI=1S/C17H16ClN3/c1-11-4-2-7-14(16(11)18)17(21-19)13-6-3-5-12-8-9-20-10-15(12)13/h2-10,17,21H,19H2,1H3. The van der Waals surface area contributed by atoms with Gasteiger partial charge in [0.05, 0.1) is 6.04 Å². The third-order valence-corrected chi connectivity index (χ3v) is 4.24. The first kappa shape index (κ1) is 14.0. The lowest BCUT2D eigenvalue weighted by molar-refractivity contribution is 0.640. The van der Waals surface area contributed by atoms with Crippen LogP contribution in [-0.2, 0) is 0 Å². The van der Waals surface area contributed by atoms with Crippen LogP contribution in [0.2, 0.25) is 5.02 Å². The second kappa shape index (κ2) is 5.82. The van der Waals surface area contributed by atoms with Crippen LogP contribution < -0.4 is 11.3 Å². The second-order valence-corrected chi connectivity index (χ2v) is 5.40. The topological polar surface area (TPSA) is 50.9 Å². The molecule has 21 heavy (non-hydrogen) atoms. The van der Waals surface area contributed by atoms with Gasteiger partial charge in [0.1, 0.15) is 0 Å². The smallest absolute Gasteiger partial charge is 0.0731 e. The number of halogens is 1. The molecular weight excluding hydrogens is 282 g/mol. The predicted octanol–water partition coefficient (Wildman–Crippen LogP) is 3.75. The Morgan fingerprint density at radius 2 is 1.86 bits per heavy atom. The fourth-order valence-electron chi connectivity index (χ4n) is 2.63. The number of fused-ring (bicyclic) bond motifs is 1. The summed E-state index contributed by atoms with van der Waals surface area (Å²) in [5, 5.41) is 2.94. The van der Waals surface area contributed by atoms with Crippen molar-refractivity contribution < 1.29 is 0 Å². The first-order valence-corrected chi connectivity index (χ1v) is 7.14. The van der Waals surface area contributed by atoms with Crippen LogP contribution in [0.25, 0.3) is 10.8 Å². The maximum atomic E-state index is 6.46. The van der Waals surface area contributed by atoms with Gasteiger partial charge in [-0.1, -0.05) is 48.0 Å². The van der Waals surface area contributed by atoms with Crippen molar-refractivity contribution in [2.24, 2.45) is 5.84 Å². The molecule has 3 rings (SSSR count). The van der Waals surface area contributed by atoms with Crippen LogP contribution in [0.15, 0.2) is 54.9 Å². The Bertz CT molecular complexity index is 781. The van der Waals surface area contributed by atoms with E-state index in [4.69, 9.17) is 17.4 Å². The number of benzene rings is 2. The molecular formula is C17H16ClN3. The van der Waals surface area contributed by atoms with Gasteiger partial charge in [-0.2, -0.15) is 0 Å². The first-order valence-electron chi connectivity index (χ1n) is 6.76. The van der Waals surface area contributed by atoms with Gasteiger partial charge < -0.3 is 0 Å². The van der Waals surface area contributed by atoms with E-state index in [0.29, 0.717) is 0 Å². The summed E-state index contributed by atoms with van der Waals surface area (Å²) in [7, 11) is 0. The molecule has 0 aliphatic rings. The Labute approximate surface area is 128 Å². The minimum Gasteiger partial charge on any atom is -0.271 e. The SMILES string of the molecule is Cc1cccc(C(NN)c2cccc3ccncc23)c1Cl. The van der Waals surface area contributed by atoms with Crippen molar-refractivity contribution in [3.05, 3.63) is 76.6 Å². The van der Waals surface area contributed by atoms with Crippen molar-refractivity contribution in [2.45, 2.75) is 13.0 Å². The molecule has 0 aliphatic heterocycles. The Morgan fingerprint density at radius 3 is 2.67 bits per heavy atom. The molecule has 3 N–H and O–H groups in total. The van der Waals surface area contributed by atoms with Gasteiger partial charge in [0, 0.05) is 22.8 Å². The Morgan fingerprint density at radius 1 is 1.10 bits per heavy atom. The fraction of sp³-hybridized carbons (Fsp3) is 0.118. The lowest BCUT2D eigenvalue weighted by atomic mass is 9.94. The molecule has 1 aromatic heterocycles. The molecule has 0 fully saturated rings. The fourth-order valence-corrected chi connectivity index (χ4v) is 2.86. The maximum absolute atomic E-state index is 6.46. The third kappa shape index (κ3) is 2.51. The van der Waals surface area contributed by atoms with Crippen molar-refractivity contribution in [1.82, 2.24) is 10.4 Å². The minimum atomic E-state index is -0.176. The number of aryl methyl sites for hydroxylation is 1. The number of nitrogens with one attached hydrogen (secondary N) is 1. The molecule has 0 saturated heterocycles. The number of hydrogen-bond acceptors (Lipinski definition) is 3. The highest BCUT2D eigenvalue weighted by atomic mass is 35.5. The lowest BCUT2D eigenvalue weighted by Crippen LogP contribution is -2.29. The molecule has 0 bridgehead atoms. The van der Waals surface area contributed by atoms with Crippen molar-refractivity contribution >= 4 is 22.4 Å². The van der Waals surface area contributed by atoms with Gasteiger partial charge in [-0.05, 0) is 35.1 Å². The average molecular weight is 298 g/mol. The van der Waals surface area contributed by atoms with Crippen molar-refractivity contribution in [1.29, 1.82) is 0 Å². The van der Waals surface area contributed by atoms with Gasteiger partial charge >= 0.3 is 0 Å². The maximum Gasteiger partial charge on any atom is 0.0731 e. The molecule has 0 radical (unpaired) electrons. The summed E-state index contributed by atoms with van der Waals surface area (Å²) in [4.78, 5) is 4.22. The van der Waals surface area contributed by atoms with Gasteiger partial charge in [0.15, 0.2) is 0 Å². The lowest BCUT2D eigenvalue weighted by Gasteiger charge is -2.20. The van der Waals surface area contributed by atoms with Crippen LogP contribution in [0.4, 0.5) is 0 Å². The van der Waals surface area contributed by atoms with E-state index in [9.17, 15) is 0 Å². The summed E-state index contributed by atoms with van der Waals surface area (Å²) in [6, 6.07) is 13.9. The van der Waals surface area contributed by atoms with E-state index in [0.717, 1.165) is 32.5 Å². The van der Waals surface area contributed by atoms with E-state index in [2.05, 4.69) is 16.5 Å². The van der Waals surface area contributed by atoms with Gasteiger partial charge in [0.25, 0.3) is 0 Å². The first-order chi connectivity index (χ1) is 10.2. The number of hydrazine groups is 1. The molecule has 1 heterocycles. The molecule has 3 nitrogen and oxygen atoms in total. The number of aromatic nitrogens is 1. The van der Waals surface area contributed by atoms with Crippen molar-refractivity contribution in [3.63, 3.8) is 0 Å². The zero-order valence-corrected chi connectivity index (χ0v) is 12.4. The summed E-state index contributed by atoms with van der Waals surface area (Å²) >= 11 is 6.46. The highest BCUT2D eigenvalue weighted by molar-refractivity contribution is 6.32. The quantitative estimate of drug-likeness (QED) is 0.572. The average Bonchev–Trinajstić information content (AvgIpc) is 2.52. The second-order valence-electron chi connectivity index (χ2n) is 5.02. The molecule has 1 unspecified atom stereocenters. The number of nitrogens with two attached hydrogens (primary N) is 1. The Balaban J connectivity index is 2.21. The normalized spacial score (nSPS) is 12.5. The summed E-state index contributed by atoms with van der Waals surface area (Å²) in [5.41, 5.74) is 5.95. The molecule has 0 amide bonds. The monoisotopic (exact) mass is 297 g/mol. The molecule has 106 valence electrons. The largest absolute Gasteiger partial charge is 0.271 e.